The van der Waals surface area contributed by atoms with Gasteiger partial charge >= 0.3 is 5.91 Å². The molecule has 8 heteroatoms. The molecule has 6 nitrogen and oxygen atoms in total. The number of anilines is 1. The van der Waals surface area contributed by atoms with Gasteiger partial charge in [-0.15, -0.1) is 11.3 Å². The third-order valence-electron chi connectivity index (χ3n) is 3.43. The van der Waals surface area contributed by atoms with E-state index >= 15 is 0 Å². The summed E-state index contributed by atoms with van der Waals surface area (Å²) in [6, 6.07) is 14.0. The minimum Gasteiger partial charge on any atom is -0.444 e. The molecule has 0 aliphatic carbocycles. The molecule has 1 aromatic carbocycles. The predicted octanol–water partition coefficient (Wildman–Crippen LogP) is 4.51. The summed E-state index contributed by atoms with van der Waals surface area (Å²) in [6.45, 7) is 1.78. The molecule has 0 aliphatic rings. The Kier molecular flexibility index (Phi) is 5.65. The Balaban J connectivity index is 1.62. The van der Waals surface area contributed by atoms with Crippen molar-refractivity contribution in [2.45, 2.75) is 6.92 Å². The number of halogens is 1. The first-order valence-corrected chi connectivity index (χ1v) is 9.25. The number of hydrogen-bond donors (Lipinski definition) is 2. The Morgan fingerprint density at radius 3 is 2.46 bits per heavy atom. The Hall–Kier alpha value is -2.71. The maximum absolute atomic E-state index is 12.0. The summed E-state index contributed by atoms with van der Waals surface area (Å²) >= 11 is 4.53. The molecule has 26 heavy (non-hydrogen) atoms. The second-order valence-corrected chi connectivity index (χ2v) is 6.98. The van der Waals surface area contributed by atoms with Crippen LogP contribution >= 0.6 is 27.3 Å². The number of hydrazone groups is 1. The van der Waals surface area contributed by atoms with Crippen LogP contribution in [0.1, 0.15) is 32.7 Å². The van der Waals surface area contributed by atoms with Crippen LogP contribution in [0.25, 0.3) is 0 Å². The van der Waals surface area contributed by atoms with E-state index in [1.54, 1.807) is 37.3 Å². The number of thiophene rings is 1. The Morgan fingerprint density at radius 1 is 1.08 bits per heavy atom. The maximum atomic E-state index is 12.0. The van der Waals surface area contributed by atoms with Crippen molar-refractivity contribution in [1.82, 2.24) is 5.43 Å². The van der Waals surface area contributed by atoms with E-state index < -0.39 is 5.91 Å². The quantitative estimate of drug-likeness (QED) is 0.460. The first kappa shape index (κ1) is 18.1. The van der Waals surface area contributed by atoms with Crippen molar-refractivity contribution in [3.8, 4) is 0 Å². The standard InChI is InChI=1S/C18H14BrN3O3S/c1-11(21-22-17(23)14-8-9-16(19)25-14)12-4-6-13(7-5-12)20-18(24)15-3-2-10-26-15/h2-10H,1H3,(H,20,24)(H,22,23). The lowest BCUT2D eigenvalue weighted by atomic mass is 10.1. The van der Waals surface area contributed by atoms with Crippen LogP contribution < -0.4 is 10.7 Å². The van der Waals surface area contributed by atoms with Crippen LogP contribution in [0.5, 0.6) is 0 Å². The van der Waals surface area contributed by atoms with E-state index in [0.717, 1.165) is 5.56 Å². The van der Waals surface area contributed by atoms with Crippen LogP contribution in [0.3, 0.4) is 0 Å². The molecule has 0 unspecified atom stereocenters. The van der Waals surface area contributed by atoms with Crippen LogP contribution in [0, 0.1) is 0 Å². The third kappa shape index (κ3) is 4.47. The van der Waals surface area contributed by atoms with Crippen molar-refractivity contribution in [1.29, 1.82) is 0 Å². The monoisotopic (exact) mass is 431 g/mol. The summed E-state index contributed by atoms with van der Waals surface area (Å²) < 4.78 is 5.64. The zero-order valence-electron chi connectivity index (χ0n) is 13.7. The number of carbonyl (C=O) groups is 2. The van der Waals surface area contributed by atoms with Gasteiger partial charge in [0.15, 0.2) is 10.4 Å². The van der Waals surface area contributed by atoms with Crippen LogP contribution in [0.15, 0.2) is 68.1 Å². The summed E-state index contributed by atoms with van der Waals surface area (Å²) in [4.78, 5) is 24.6. The summed E-state index contributed by atoms with van der Waals surface area (Å²) in [5, 5.41) is 8.75. The van der Waals surface area contributed by atoms with Crippen LogP contribution in [0.4, 0.5) is 5.69 Å². The maximum Gasteiger partial charge on any atom is 0.307 e. The smallest absolute Gasteiger partial charge is 0.307 e. The lowest BCUT2D eigenvalue weighted by Crippen LogP contribution is -2.18. The fraction of sp³-hybridized carbons (Fsp3) is 0.0556. The molecular weight excluding hydrogens is 418 g/mol. The lowest BCUT2D eigenvalue weighted by molar-refractivity contribution is 0.0925. The second kappa shape index (κ2) is 8.11. The molecule has 0 saturated carbocycles. The van der Waals surface area contributed by atoms with E-state index in [1.807, 2.05) is 23.6 Å². The molecule has 0 fully saturated rings. The summed E-state index contributed by atoms with van der Waals surface area (Å²) in [6.07, 6.45) is 0. The van der Waals surface area contributed by atoms with Gasteiger partial charge < -0.3 is 9.73 Å². The number of benzene rings is 1. The zero-order valence-corrected chi connectivity index (χ0v) is 16.1. The van der Waals surface area contributed by atoms with Crippen LogP contribution in [0.2, 0.25) is 0 Å². The number of amides is 2. The van der Waals surface area contributed by atoms with Gasteiger partial charge in [0.25, 0.3) is 5.91 Å². The fourth-order valence-corrected chi connectivity index (χ4v) is 3.01. The van der Waals surface area contributed by atoms with Gasteiger partial charge in [-0.3, -0.25) is 9.59 Å². The summed E-state index contributed by atoms with van der Waals surface area (Å²) in [7, 11) is 0. The van der Waals surface area contributed by atoms with Gasteiger partial charge in [-0.1, -0.05) is 18.2 Å². The molecule has 0 aliphatic heterocycles. The van der Waals surface area contributed by atoms with Crippen LogP contribution in [-0.4, -0.2) is 17.5 Å². The SMILES string of the molecule is CC(=NNC(=O)c1ccc(Br)o1)c1ccc(NC(=O)c2cccs2)cc1. The zero-order chi connectivity index (χ0) is 18.5. The first-order valence-electron chi connectivity index (χ1n) is 7.58. The molecule has 0 spiro atoms. The van der Waals surface area contributed by atoms with Gasteiger partial charge in [-0.2, -0.15) is 5.10 Å². The Labute approximate surface area is 162 Å². The highest BCUT2D eigenvalue weighted by Crippen LogP contribution is 2.15. The van der Waals surface area contributed by atoms with Crippen molar-refractivity contribution in [2.75, 3.05) is 5.32 Å². The number of nitrogens with one attached hydrogen (secondary N) is 2. The number of furan rings is 1. The van der Waals surface area contributed by atoms with Crippen molar-refractivity contribution in [3.63, 3.8) is 0 Å². The molecule has 132 valence electrons. The van der Waals surface area contributed by atoms with E-state index in [2.05, 4.69) is 31.8 Å². The highest BCUT2D eigenvalue weighted by molar-refractivity contribution is 9.10. The minimum atomic E-state index is -0.435. The molecule has 2 heterocycles. The van der Waals surface area contributed by atoms with E-state index in [4.69, 9.17) is 4.42 Å². The lowest BCUT2D eigenvalue weighted by Gasteiger charge is -2.06. The van der Waals surface area contributed by atoms with E-state index in [0.29, 0.717) is 20.9 Å². The van der Waals surface area contributed by atoms with E-state index in [9.17, 15) is 9.59 Å². The van der Waals surface area contributed by atoms with Crippen molar-refractivity contribution in [3.05, 3.63) is 74.8 Å². The average molecular weight is 432 g/mol. The predicted molar refractivity (Wildman–Crippen MR) is 105 cm³/mol. The van der Waals surface area contributed by atoms with Crippen molar-refractivity contribution < 1.29 is 14.0 Å². The molecule has 3 aromatic rings. The topological polar surface area (TPSA) is 83.7 Å². The largest absolute Gasteiger partial charge is 0.444 e. The number of hydrogen-bond acceptors (Lipinski definition) is 5. The molecule has 0 radical (unpaired) electrons. The van der Waals surface area contributed by atoms with Gasteiger partial charge in [0, 0.05) is 5.69 Å². The Bertz CT molecular complexity index is 946. The molecule has 0 atom stereocenters. The molecule has 3 rings (SSSR count). The van der Waals surface area contributed by atoms with Gasteiger partial charge in [0.05, 0.1) is 10.6 Å². The third-order valence-corrected chi connectivity index (χ3v) is 4.72. The van der Waals surface area contributed by atoms with Crippen molar-refractivity contribution in [2.24, 2.45) is 5.10 Å². The highest BCUT2D eigenvalue weighted by atomic mass is 79.9. The summed E-state index contributed by atoms with van der Waals surface area (Å²) in [5.74, 6) is -0.412. The van der Waals surface area contributed by atoms with Gasteiger partial charge in [-0.05, 0) is 64.1 Å². The summed E-state index contributed by atoms with van der Waals surface area (Å²) in [5.41, 5.74) is 4.57. The van der Waals surface area contributed by atoms with Gasteiger partial charge in [0.1, 0.15) is 0 Å². The molecular formula is C18H14BrN3O3S. The second-order valence-electron chi connectivity index (χ2n) is 5.25. The molecule has 0 bridgehead atoms. The fourth-order valence-electron chi connectivity index (χ4n) is 2.09. The van der Waals surface area contributed by atoms with E-state index in [-0.39, 0.29) is 11.7 Å². The number of nitrogens with zero attached hydrogens (tertiary/aromatic N) is 1. The average Bonchev–Trinajstić information content (AvgIpc) is 3.31. The molecule has 2 aromatic heterocycles. The van der Waals surface area contributed by atoms with E-state index in [1.165, 1.54) is 11.3 Å². The number of rotatable bonds is 5. The van der Waals surface area contributed by atoms with Crippen LogP contribution in [-0.2, 0) is 0 Å². The van der Waals surface area contributed by atoms with Gasteiger partial charge in [0.2, 0.25) is 0 Å². The normalized spacial score (nSPS) is 11.2. The molecule has 2 amide bonds. The molecule has 0 saturated heterocycles. The Morgan fingerprint density at radius 2 is 1.85 bits per heavy atom. The minimum absolute atomic E-state index is 0.144. The van der Waals surface area contributed by atoms with Gasteiger partial charge in [-0.25, -0.2) is 5.43 Å². The highest BCUT2D eigenvalue weighted by Gasteiger charge is 2.10. The first-order chi connectivity index (χ1) is 12.5. The van der Waals surface area contributed by atoms with Crippen molar-refractivity contribution >= 4 is 50.5 Å². The molecule has 2 N–H and O–H groups in total. The number of carbonyl (C=O) groups excluding carboxylic acids is 2.